The van der Waals surface area contributed by atoms with Crippen LogP contribution in [0.2, 0.25) is 196 Å². The molecule has 0 aromatic heterocycles. The van der Waals surface area contributed by atoms with Crippen LogP contribution in [0.15, 0.2) is 24.3 Å². The molecule has 2 aromatic carbocycles. The summed E-state index contributed by atoms with van der Waals surface area (Å²) >= 11 is -1.21. The van der Waals surface area contributed by atoms with E-state index >= 15 is 0 Å². The molecule has 0 aliphatic rings. The first kappa shape index (κ1) is 58.4. The summed E-state index contributed by atoms with van der Waals surface area (Å²) in [6.07, 6.45) is 0. The molecule has 2 rings (SSSR count). The fraction of sp³-hybridized carbons (Fsp3) is 0.750. The SMILES string of the molecule is C[Si](C)(C)Cc1cc(C([Si](C)(C)C)([Si](C)(C)C)[Si](C)(C)C)cc(C[Si](C)(C)C)[c]1[Sb]=[Sb][c]1c(C[Si](C)(C)C)cc(C([Si](C)(C)C)([Si](C)(C)C)[Si](C)(C)C)cc1C[Si](C)(C)C. The first-order valence-corrected chi connectivity index (χ1v) is 71.0. The Bertz CT molecular complexity index is 1560. The topological polar surface area (TPSA) is 0 Å². The summed E-state index contributed by atoms with van der Waals surface area (Å²) in [5, 5.41) is 0. The Morgan fingerprint density at radius 2 is 0.433 bits per heavy atom. The number of hydrogen-bond acceptors (Lipinski definition) is 0. The molecule has 0 unspecified atom stereocenters. The predicted octanol–water partition coefficient (Wildman–Crippen LogP) is 14.4. The Balaban J connectivity index is 3.48. The van der Waals surface area contributed by atoms with Crippen LogP contribution >= 0.6 is 0 Å². The van der Waals surface area contributed by atoms with Crippen LogP contribution in [0.25, 0.3) is 0 Å². The van der Waals surface area contributed by atoms with E-state index < -0.39 is 114 Å². The summed E-state index contributed by atoms with van der Waals surface area (Å²) in [4.78, 5) is 0. The van der Waals surface area contributed by atoms with Crippen molar-refractivity contribution in [2.24, 2.45) is 0 Å². The Hall–Kier alpha value is 2.25. The second-order valence-electron chi connectivity index (χ2n) is 30.4. The van der Waals surface area contributed by atoms with Gasteiger partial charge in [-0.15, -0.1) is 0 Å². The molecule has 0 spiro atoms. The van der Waals surface area contributed by atoms with Gasteiger partial charge >= 0.3 is 408 Å². The van der Waals surface area contributed by atoms with Gasteiger partial charge in [-0.2, -0.15) is 0 Å². The van der Waals surface area contributed by atoms with Gasteiger partial charge in [0.15, 0.2) is 0 Å². The Morgan fingerprint density at radius 3 is 0.550 bits per heavy atom. The van der Waals surface area contributed by atoms with E-state index in [1.54, 1.807) is 0 Å². The summed E-state index contributed by atoms with van der Waals surface area (Å²) in [7, 11) is -15.4. The summed E-state index contributed by atoms with van der Waals surface area (Å²) in [5.74, 6) is 0. The van der Waals surface area contributed by atoms with Crippen LogP contribution in [-0.4, -0.2) is 114 Å². The summed E-state index contributed by atoms with van der Waals surface area (Å²) < 4.78 is 4.84. The molecule has 344 valence electrons. The number of hydrogen-bond donors (Lipinski definition) is 0. The maximum atomic E-state index is 2.97. The number of rotatable bonds is 18. The van der Waals surface area contributed by atoms with Crippen molar-refractivity contribution in [3.05, 3.63) is 57.6 Å². The van der Waals surface area contributed by atoms with Crippen molar-refractivity contribution < 1.29 is 0 Å². The first-order chi connectivity index (χ1) is 26.0. The minimum atomic E-state index is -1.64. The summed E-state index contributed by atoms with van der Waals surface area (Å²) in [5.41, 5.74) is 11.2. The van der Waals surface area contributed by atoms with Crippen LogP contribution in [0.3, 0.4) is 0 Å². The average molecular weight is 1200 g/mol. The van der Waals surface area contributed by atoms with E-state index in [0.717, 1.165) is 0 Å². The van der Waals surface area contributed by atoms with Gasteiger partial charge in [-0.1, -0.05) is 0 Å². The van der Waals surface area contributed by atoms with E-state index in [0.29, 0.717) is 8.57 Å². The van der Waals surface area contributed by atoms with Crippen LogP contribution in [-0.2, 0) is 32.7 Å². The predicted molar refractivity (Wildman–Crippen MR) is 315 cm³/mol. The number of benzene rings is 2. The first-order valence-electron chi connectivity index (χ1n) is 23.8. The molecule has 0 atom stereocenters. The third-order valence-corrected chi connectivity index (χ3v) is 75.6. The second kappa shape index (κ2) is 19.0. The molecule has 0 heterocycles. The van der Waals surface area contributed by atoms with Crippen molar-refractivity contribution in [3.8, 4) is 0 Å². The van der Waals surface area contributed by atoms with E-state index in [2.05, 4.69) is 221 Å². The van der Waals surface area contributed by atoms with E-state index in [9.17, 15) is 0 Å². The van der Waals surface area contributed by atoms with Crippen molar-refractivity contribution in [2.75, 3.05) is 0 Å². The molecule has 0 aliphatic heterocycles. The van der Waals surface area contributed by atoms with Crippen LogP contribution in [0, 0.1) is 0 Å². The molecule has 0 bridgehead atoms. The third-order valence-electron chi connectivity index (χ3n) is 13.3. The monoisotopic (exact) mass is 1200 g/mol. The van der Waals surface area contributed by atoms with Gasteiger partial charge < -0.3 is 0 Å². The van der Waals surface area contributed by atoms with E-state index in [-0.39, 0.29) is 0 Å². The Labute approximate surface area is 403 Å². The van der Waals surface area contributed by atoms with Gasteiger partial charge in [0.1, 0.15) is 0 Å². The Kier molecular flexibility index (Phi) is 18.5. The normalized spacial score (nSPS) is 15.4. The van der Waals surface area contributed by atoms with Crippen molar-refractivity contribution in [1.29, 1.82) is 0 Å². The second-order valence-corrected chi connectivity index (χ2v) is 98.2. The third kappa shape index (κ3) is 13.5. The van der Waals surface area contributed by atoms with Gasteiger partial charge in [0.2, 0.25) is 0 Å². The van der Waals surface area contributed by atoms with Crippen LogP contribution in [0.1, 0.15) is 33.4 Å². The zero-order chi connectivity index (χ0) is 47.7. The summed E-state index contributed by atoms with van der Waals surface area (Å²) in [6, 6.07) is 17.4. The average Bonchev–Trinajstić information content (AvgIpc) is 2.85. The zero-order valence-electron chi connectivity index (χ0n) is 46.0. The van der Waals surface area contributed by atoms with Gasteiger partial charge in [0, 0.05) is 0 Å². The molecule has 0 nitrogen and oxygen atoms in total. The molecule has 0 aliphatic carbocycles. The van der Waals surface area contributed by atoms with Gasteiger partial charge in [-0.3, -0.25) is 0 Å². The molecule has 0 saturated heterocycles. The molecule has 0 N–H and O–H groups in total. The maximum absolute atomic E-state index is 2.97. The van der Waals surface area contributed by atoms with Crippen molar-refractivity contribution >= 4 is 121 Å². The molecule has 2 aromatic rings. The zero-order valence-corrected chi connectivity index (χ0v) is 61.1. The van der Waals surface area contributed by atoms with Crippen molar-refractivity contribution in [3.63, 3.8) is 0 Å². The molecule has 0 fully saturated rings. The standard InChI is InChI=1S/2C24H51Si5.2Sb/c2*1-25(2,3)19-21-16-22(20-26(4,5)6)18-23(17-21)24(27(7,8)9,28(10,11)12)29(13,14)15;;/h2*17-18H,19-20H2,1-15H3;;. The molecular formula is C48H102Sb2Si10. The van der Waals surface area contributed by atoms with E-state index in [1.807, 2.05) is 40.4 Å². The van der Waals surface area contributed by atoms with Crippen LogP contribution in [0.5, 0.6) is 0 Å². The van der Waals surface area contributed by atoms with Crippen molar-refractivity contribution in [1.82, 2.24) is 0 Å². The molecule has 60 heavy (non-hydrogen) atoms. The van der Waals surface area contributed by atoms with Gasteiger partial charge in [0.25, 0.3) is 0 Å². The Morgan fingerprint density at radius 1 is 0.283 bits per heavy atom. The van der Waals surface area contributed by atoms with Gasteiger partial charge in [-0.05, 0) is 0 Å². The molecule has 0 saturated carbocycles. The molecule has 12 heteroatoms. The van der Waals surface area contributed by atoms with Crippen LogP contribution < -0.4 is 7.02 Å². The minimum absolute atomic E-state index is 0.426. The fourth-order valence-corrected chi connectivity index (χ4v) is 99.3. The van der Waals surface area contributed by atoms with Gasteiger partial charge in [0.05, 0.1) is 0 Å². The van der Waals surface area contributed by atoms with Crippen molar-refractivity contribution in [2.45, 2.75) is 229 Å². The quantitative estimate of drug-likeness (QED) is 0.131. The summed E-state index contributed by atoms with van der Waals surface area (Å²) in [6.45, 7) is 81.8. The van der Waals surface area contributed by atoms with Gasteiger partial charge in [-0.25, -0.2) is 0 Å². The van der Waals surface area contributed by atoms with Crippen LogP contribution in [0.4, 0.5) is 0 Å². The molecular weight excluding hydrogens is 1100 g/mol. The van der Waals surface area contributed by atoms with E-state index in [4.69, 9.17) is 0 Å². The molecule has 0 amide bonds. The van der Waals surface area contributed by atoms with E-state index in [1.165, 1.54) is 24.2 Å². The molecule has 0 radical (unpaired) electrons. The fourth-order valence-electron chi connectivity index (χ4n) is 14.5.